The SMILES string of the molecule is CC.CC1=CC2Oc3ccc(C)c4ccn(c34)C2C=C1. The molecule has 0 fully saturated rings. The number of aryl methyl sites for hydroxylation is 1. The summed E-state index contributed by atoms with van der Waals surface area (Å²) < 4.78 is 8.48. The Morgan fingerprint density at radius 3 is 2.70 bits per heavy atom. The van der Waals surface area contributed by atoms with Crippen LogP contribution < -0.4 is 4.74 Å². The Morgan fingerprint density at radius 1 is 1.10 bits per heavy atom. The smallest absolute Gasteiger partial charge is 0.144 e. The number of nitrogens with zero attached hydrogens (tertiary/aromatic N) is 1. The molecule has 104 valence electrons. The van der Waals surface area contributed by atoms with Gasteiger partial charge in [-0.25, -0.2) is 0 Å². The minimum Gasteiger partial charge on any atom is -0.482 e. The predicted octanol–water partition coefficient (Wildman–Crippen LogP) is 4.79. The van der Waals surface area contributed by atoms with Gasteiger partial charge in [-0.3, -0.25) is 0 Å². The third-order valence-corrected chi connectivity index (χ3v) is 3.96. The van der Waals surface area contributed by atoms with Crippen molar-refractivity contribution < 1.29 is 4.74 Å². The lowest BCUT2D eigenvalue weighted by Gasteiger charge is -2.33. The Balaban J connectivity index is 0.000000581. The largest absolute Gasteiger partial charge is 0.482 e. The zero-order valence-electron chi connectivity index (χ0n) is 12.6. The van der Waals surface area contributed by atoms with Gasteiger partial charge in [0.25, 0.3) is 0 Å². The average Bonchev–Trinajstić information content (AvgIpc) is 2.91. The van der Waals surface area contributed by atoms with E-state index >= 15 is 0 Å². The molecule has 2 atom stereocenters. The van der Waals surface area contributed by atoms with E-state index in [1.165, 1.54) is 22.0 Å². The molecule has 0 amide bonds. The fraction of sp³-hybridized carbons (Fsp3) is 0.333. The van der Waals surface area contributed by atoms with E-state index in [1.54, 1.807) is 0 Å². The molecule has 2 heteroatoms. The number of fused-ring (bicyclic) bond motifs is 2. The lowest BCUT2D eigenvalue weighted by molar-refractivity contribution is 0.191. The maximum atomic E-state index is 6.14. The lowest BCUT2D eigenvalue weighted by Crippen LogP contribution is -2.31. The van der Waals surface area contributed by atoms with E-state index in [1.807, 2.05) is 13.8 Å². The van der Waals surface area contributed by atoms with Gasteiger partial charge >= 0.3 is 0 Å². The van der Waals surface area contributed by atoms with Gasteiger partial charge in [0.15, 0.2) is 0 Å². The van der Waals surface area contributed by atoms with Gasteiger partial charge in [0, 0.05) is 11.6 Å². The van der Waals surface area contributed by atoms with Crippen LogP contribution in [0.1, 0.15) is 32.4 Å². The van der Waals surface area contributed by atoms with Crippen molar-refractivity contribution in [1.29, 1.82) is 0 Å². The highest BCUT2D eigenvalue weighted by atomic mass is 16.5. The highest BCUT2D eigenvalue weighted by Crippen LogP contribution is 2.40. The Hall–Kier alpha value is -1.96. The second-order valence-corrected chi connectivity index (χ2v) is 5.21. The van der Waals surface area contributed by atoms with Crippen LogP contribution in [0.2, 0.25) is 0 Å². The molecule has 1 aromatic heterocycles. The van der Waals surface area contributed by atoms with Crippen molar-refractivity contribution in [1.82, 2.24) is 4.57 Å². The van der Waals surface area contributed by atoms with Crippen LogP contribution in [0, 0.1) is 6.92 Å². The average molecular weight is 267 g/mol. The maximum Gasteiger partial charge on any atom is 0.144 e. The summed E-state index contributed by atoms with van der Waals surface area (Å²) in [4.78, 5) is 0. The minimum atomic E-state index is 0.126. The van der Waals surface area contributed by atoms with Crippen LogP contribution >= 0.6 is 0 Å². The Morgan fingerprint density at radius 2 is 1.90 bits per heavy atom. The summed E-state index contributed by atoms with van der Waals surface area (Å²) >= 11 is 0. The number of hydrogen-bond acceptors (Lipinski definition) is 1. The van der Waals surface area contributed by atoms with Crippen LogP contribution in [-0.2, 0) is 0 Å². The van der Waals surface area contributed by atoms with Crippen molar-refractivity contribution >= 4 is 10.9 Å². The van der Waals surface area contributed by atoms with Crippen molar-refractivity contribution in [3.63, 3.8) is 0 Å². The van der Waals surface area contributed by atoms with Crippen LogP contribution in [0.25, 0.3) is 10.9 Å². The third-order valence-electron chi connectivity index (χ3n) is 3.96. The van der Waals surface area contributed by atoms with E-state index < -0.39 is 0 Å². The molecule has 2 heterocycles. The molecule has 0 saturated carbocycles. The molecule has 2 nitrogen and oxygen atoms in total. The van der Waals surface area contributed by atoms with E-state index in [2.05, 4.69) is 61.0 Å². The second kappa shape index (κ2) is 4.86. The molecule has 2 unspecified atom stereocenters. The monoisotopic (exact) mass is 267 g/mol. The number of rotatable bonds is 0. The van der Waals surface area contributed by atoms with E-state index in [9.17, 15) is 0 Å². The molecule has 4 rings (SSSR count). The first-order valence-electron chi connectivity index (χ1n) is 7.37. The van der Waals surface area contributed by atoms with Crippen molar-refractivity contribution in [3.8, 4) is 5.75 Å². The first kappa shape index (κ1) is 13.0. The number of benzene rings is 1. The highest BCUT2D eigenvalue weighted by molar-refractivity contribution is 5.89. The van der Waals surface area contributed by atoms with Crippen LogP contribution in [0.15, 0.2) is 48.2 Å². The third kappa shape index (κ3) is 1.79. The molecular formula is C18H21NO. The van der Waals surface area contributed by atoms with Crippen LogP contribution in [0.3, 0.4) is 0 Å². The predicted molar refractivity (Wildman–Crippen MR) is 84.4 cm³/mol. The van der Waals surface area contributed by atoms with E-state index in [-0.39, 0.29) is 6.10 Å². The summed E-state index contributed by atoms with van der Waals surface area (Å²) in [6.45, 7) is 8.27. The van der Waals surface area contributed by atoms with Crippen molar-refractivity contribution in [2.75, 3.05) is 0 Å². The van der Waals surface area contributed by atoms with Crippen LogP contribution in [0.5, 0.6) is 5.75 Å². The van der Waals surface area contributed by atoms with Crippen molar-refractivity contribution in [2.24, 2.45) is 0 Å². The maximum absolute atomic E-state index is 6.14. The van der Waals surface area contributed by atoms with E-state index in [0.29, 0.717) is 6.04 Å². The quantitative estimate of drug-likeness (QED) is 0.669. The van der Waals surface area contributed by atoms with Crippen LogP contribution in [-0.4, -0.2) is 10.7 Å². The molecule has 1 aliphatic carbocycles. The van der Waals surface area contributed by atoms with Gasteiger partial charge in [-0.15, -0.1) is 0 Å². The highest BCUT2D eigenvalue weighted by Gasteiger charge is 2.30. The number of aromatic nitrogens is 1. The molecule has 0 radical (unpaired) electrons. The van der Waals surface area contributed by atoms with Gasteiger partial charge < -0.3 is 9.30 Å². The first-order valence-corrected chi connectivity index (χ1v) is 7.37. The van der Waals surface area contributed by atoms with Gasteiger partial charge in [0.05, 0.1) is 11.6 Å². The summed E-state index contributed by atoms with van der Waals surface area (Å²) in [5, 5.41) is 1.30. The Kier molecular flexibility index (Phi) is 3.17. The minimum absolute atomic E-state index is 0.126. The van der Waals surface area contributed by atoms with E-state index in [4.69, 9.17) is 4.74 Å². The molecule has 0 bridgehead atoms. The van der Waals surface area contributed by atoms with Crippen LogP contribution in [0.4, 0.5) is 0 Å². The topological polar surface area (TPSA) is 14.2 Å². The summed E-state index contributed by atoms with van der Waals surface area (Å²) in [5.74, 6) is 1.00. The zero-order chi connectivity index (χ0) is 14.3. The summed E-state index contributed by atoms with van der Waals surface area (Å²) in [5.41, 5.74) is 3.81. The van der Waals surface area contributed by atoms with E-state index in [0.717, 1.165) is 5.75 Å². The van der Waals surface area contributed by atoms with Gasteiger partial charge in [-0.2, -0.15) is 0 Å². The number of ether oxygens (including phenoxy) is 1. The first-order chi connectivity index (χ1) is 9.74. The molecule has 1 aliphatic heterocycles. The standard InChI is InChI=1S/C16H15NO.C2H6/c1-10-3-5-13-15(9-10)18-14-6-4-11(2)12-7-8-17(13)16(12)14;1-2/h3-9,13,15H,1-2H3;1-2H3. The molecular weight excluding hydrogens is 246 g/mol. The number of hydrogen-bond donors (Lipinski definition) is 0. The molecule has 2 aliphatic rings. The number of allylic oxidation sites excluding steroid dienone is 2. The molecule has 1 aromatic carbocycles. The molecule has 0 saturated heterocycles. The van der Waals surface area contributed by atoms with Crippen molar-refractivity contribution in [2.45, 2.75) is 39.8 Å². The molecule has 0 N–H and O–H groups in total. The lowest BCUT2D eigenvalue weighted by atomic mass is 9.99. The van der Waals surface area contributed by atoms with Crippen molar-refractivity contribution in [3.05, 3.63) is 53.8 Å². The summed E-state index contributed by atoms with van der Waals surface area (Å²) in [7, 11) is 0. The fourth-order valence-corrected chi connectivity index (χ4v) is 3.01. The molecule has 20 heavy (non-hydrogen) atoms. The van der Waals surface area contributed by atoms with Gasteiger partial charge in [0.2, 0.25) is 0 Å². The second-order valence-electron chi connectivity index (χ2n) is 5.21. The van der Waals surface area contributed by atoms with Gasteiger partial charge in [0.1, 0.15) is 11.9 Å². The fourth-order valence-electron chi connectivity index (χ4n) is 3.01. The molecule has 2 aromatic rings. The van der Waals surface area contributed by atoms with Gasteiger partial charge in [-0.05, 0) is 37.6 Å². The summed E-state index contributed by atoms with van der Waals surface area (Å²) in [6.07, 6.45) is 8.93. The summed E-state index contributed by atoms with van der Waals surface area (Å²) in [6, 6.07) is 6.71. The zero-order valence-corrected chi connectivity index (χ0v) is 12.6. The Bertz CT molecular complexity index is 706. The van der Waals surface area contributed by atoms with Gasteiger partial charge in [-0.1, -0.05) is 37.6 Å². The Labute approximate surface area is 120 Å². The normalized spacial score (nSPS) is 22.5. The molecule has 0 spiro atoms.